The maximum absolute atomic E-state index is 13.0. The molecule has 4 nitrogen and oxygen atoms in total. The van der Waals surface area contributed by atoms with E-state index in [1.165, 1.54) is 5.56 Å². The van der Waals surface area contributed by atoms with E-state index in [-0.39, 0.29) is 5.91 Å². The van der Waals surface area contributed by atoms with Gasteiger partial charge in [-0.1, -0.05) is 65.9 Å². The van der Waals surface area contributed by atoms with Gasteiger partial charge < -0.3 is 10.1 Å². The number of aryl methyl sites for hydroxylation is 1. The molecule has 0 fully saturated rings. The highest BCUT2D eigenvalue weighted by molar-refractivity contribution is 7.43. The summed E-state index contributed by atoms with van der Waals surface area (Å²) in [6.07, 6.45) is 5.89. The van der Waals surface area contributed by atoms with Crippen LogP contribution in [0.2, 0.25) is 0 Å². The van der Waals surface area contributed by atoms with Crippen LogP contribution in [0.5, 0.6) is 5.75 Å². The number of amides is 1. The Labute approximate surface area is 202 Å². The third-order valence-corrected chi connectivity index (χ3v) is 7.51. The number of anilines is 1. The number of unbranched alkanes of at least 4 members (excludes halogenated alkanes) is 1. The Morgan fingerprint density at radius 3 is 2.47 bits per heavy atom. The minimum atomic E-state index is -1.21. The largest absolute Gasteiger partial charge is 0.493 e. The molecule has 1 aliphatic heterocycles. The van der Waals surface area contributed by atoms with Crippen LogP contribution in [0.15, 0.2) is 72.3 Å². The first-order valence-electron chi connectivity index (χ1n) is 11.9. The van der Waals surface area contributed by atoms with Crippen LogP contribution in [0.25, 0.3) is 17.2 Å². The smallest absolute Gasteiger partial charge is 0.343 e. The highest BCUT2D eigenvalue weighted by Gasteiger charge is 2.18. The van der Waals surface area contributed by atoms with Gasteiger partial charge >= 0.3 is 7.80 Å². The summed E-state index contributed by atoms with van der Waals surface area (Å²) >= 11 is 0. The summed E-state index contributed by atoms with van der Waals surface area (Å²) < 4.78 is 18.1. The van der Waals surface area contributed by atoms with E-state index in [0.29, 0.717) is 24.8 Å². The lowest BCUT2D eigenvalue weighted by molar-refractivity contribution is -0.113. The summed E-state index contributed by atoms with van der Waals surface area (Å²) in [6, 6.07) is 22.2. The summed E-state index contributed by atoms with van der Waals surface area (Å²) in [6.45, 7) is 4.64. The summed E-state index contributed by atoms with van der Waals surface area (Å²) in [4.78, 5) is 13.0. The second-order valence-electron chi connectivity index (χ2n) is 8.75. The topological polar surface area (TPSA) is 55.4 Å². The minimum absolute atomic E-state index is 0.126. The van der Waals surface area contributed by atoms with E-state index < -0.39 is 7.80 Å². The Kier molecular flexibility index (Phi) is 7.92. The average molecular weight is 473 g/mol. The number of nitrogens with one attached hydrogen (secondary N) is 1. The Balaban J connectivity index is 1.47. The fraction of sp³-hybridized carbons (Fsp3) is 0.276. The van der Waals surface area contributed by atoms with Crippen LogP contribution >= 0.6 is 7.80 Å². The van der Waals surface area contributed by atoms with E-state index in [4.69, 9.17) is 4.74 Å². The second-order valence-corrected chi connectivity index (χ2v) is 10.5. The molecule has 0 aromatic heterocycles. The van der Waals surface area contributed by atoms with E-state index in [9.17, 15) is 9.36 Å². The molecule has 0 aliphatic carbocycles. The Bertz CT molecular complexity index is 1200. The summed E-state index contributed by atoms with van der Waals surface area (Å²) in [5.74, 6) is 0.666. The molecule has 5 heteroatoms. The van der Waals surface area contributed by atoms with Crippen LogP contribution in [-0.2, 0) is 15.5 Å². The molecule has 34 heavy (non-hydrogen) atoms. The molecule has 1 unspecified atom stereocenters. The minimum Gasteiger partial charge on any atom is -0.493 e. The second kappa shape index (κ2) is 11.3. The normalized spacial score (nSPS) is 13.2. The van der Waals surface area contributed by atoms with Gasteiger partial charge in [0.2, 0.25) is 0 Å². The number of rotatable bonds is 8. The number of carbonyl (C=O) groups excluding carboxylic acids is 1. The maximum Gasteiger partial charge on any atom is 0.343 e. The molecule has 0 spiro atoms. The van der Waals surface area contributed by atoms with Crippen molar-refractivity contribution >= 4 is 25.5 Å². The molecule has 174 valence electrons. The zero-order chi connectivity index (χ0) is 23.9. The molecule has 3 aromatic rings. The van der Waals surface area contributed by atoms with Crippen molar-refractivity contribution in [2.24, 2.45) is 0 Å². The van der Waals surface area contributed by atoms with E-state index in [0.717, 1.165) is 52.7 Å². The summed E-state index contributed by atoms with van der Waals surface area (Å²) in [7, 11) is -1.21. The fourth-order valence-electron chi connectivity index (χ4n) is 3.95. The van der Waals surface area contributed by atoms with Crippen molar-refractivity contribution in [1.82, 2.24) is 0 Å². The molecule has 1 amide bonds. The van der Waals surface area contributed by atoms with Gasteiger partial charge in [0.05, 0.1) is 6.61 Å². The van der Waals surface area contributed by atoms with Crippen molar-refractivity contribution in [3.05, 3.63) is 89.0 Å². The molecule has 1 aliphatic rings. The lowest BCUT2D eigenvalue weighted by Gasteiger charge is -2.09. The van der Waals surface area contributed by atoms with Crippen molar-refractivity contribution in [3.63, 3.8) is 0 Å². The van der Waals surface area contributed by atoms with Gasteiger partial charge in [-0.2, -0.15) is 0 Å². The molecular formula is C29H31NO3P+. The van der Waals surface area contributed by atoms with Crippen LogP contribution in [0.4, 0.5) is 5.69 Å². The quantitative estimate of drug-likeness (QED) is 0.344. The number of fused-ring (bicyclic) bond motifs is 1. The number of hydrogen-bond acceptors (Lipinski definition) is 3. The average Bonchev–Trinajstić information content (AvgIpc) is 3.06. The predicted molar refractivity (Wildman–Crippen MR) is 141 cm³/mol. The predicted octanol–water partition coefficient (Wildman–Crippen LogP) is 7.59. The van der Waals surface area contributed by atoms with Crippen molar-refractivity contribution in [2.45, 2.75) is 39.3 Å². The van der Waals surface area contributed by atoms with Gasteiger partial charge in [0.15, 0.2) is 6.16 Å². The van der Waals surface area contributed by atoms with Gasteiger partial charge in [-0.25, -0.2) is 0 Å². The van der Waals surface area contributed by atoms with Gasteiger partial charge in [-0.3, -0.25) is 4.79 Å². The summed E-state index contributed by atoms with van der Waals surface area (Å²) in [5.41, 5.74) is 6.81. The SMILES string of the molecule is CCCC[P+](=O)Cc1ccc(NC(=O)C2=Cc3cc(-c4ccc(C)cc4)ccc3OCC2)cc1. The number of ether oxygens (including phenoxy) is 1. The van der Waals surface area contributed by atoms with Crippen LogP contribution in [0.1, 0.15) is 42.9 Å². The Morgan fingerprint density at radius 2 is 1.74 bits per heavy atom. The third kappa shape index (κ3) is 6.21. The van der Waals surface area contributed by atoms with E-state index in [1.54, 1.807) is 0 Å². The van der Waals surface area contributed by atoms with E-state index in [1.807, 2.05) is 36.4 Å². The molecule has 0 saturated carbocycles. The third-order valence-electron chi connectivity index (χ3n) is 5.98. The van der Waals surface area contributed by atoms with E-state index in [2.05, 4.69) is 55.6 Å². The highest BCUT2D eigenvalue weighted by Crippen LogP contribution is 2.32. The van der Waals surface area contributed by atoms with Crippen molar-refractivity contribution in [2.75, 3.05) is 18.1 Å². The maximum atomic E-state index is 13.0. The molecule has 3 aromatic carbocycles. The number of carbonyl (C=O) groups is 1. The van der Waals surface area contributed by atoms with E-state index >= 15 is 0 Å². The molecule has 4 rings (SSSR count). The first kappa shape index (κ1) is 23.9. The van der Waals surface area contributed by atoms with Crippen LogP contribution < -0.4 is 10.1 Å². The van der Waals surface area contributed by atoms with Gasteiger partial charge in [-0.05, 0) is 60.4 Å². The molecule has 1 N–H and O–H groups in total. The monoisotopic (exact) mass is 472 g/mol. The first-order valence-corrected chi connectivity index (χ1v) is 13.5. The van der Waals surface area contributed by atoms with Crippen molar-refractivity contribution in [1.29, 1.82) is 0 Å². The van der Waals surface area contributed by atoms with Crippen LogP contribution in [0.3, 0.4) is 0 Å². The molecule has 1 atom stereocenters. The number of hydrogen-bond donors (Lipinski definition) is 1. The lowest BCUT2D eigenvalue weighted by Crippen LogP contribution is -2.15. The lowest BCUT2D eigenvalue weighted by atomic mass is 10.00. The highest BCUT2D eigenvalue weighted by atomic mass is 31.1. The molecule has 0 radical (unpaired) electrons. The van der Waals surface area contributed by atoms with Gasteiger partial charge in [0.25, 0.3) is 5.91 Å². The molecular weight excluding hydrogens is 441 g/mol. The fourth-order valence-corrected chi connectivity index (χ4v) is 5.40. The van der Waals surface area contributed by atoms with Gasteiger partial charge in [0, 0.05) is 23.2 Å². The standard InChI is InChI=1S/C29H30NO3P/c1-3-4-17-34(32)20-22-7-12-27(13-8-22)30-29(31)25-15-16-33-28-14-11-24(18-26(28)19-25)23-9-5-21(2)6-10-23/h5-14,18-19H,3-4,15-17,20H2,1-2H3/p+1. The Hall–Kier alpha value is -3.23. The van der Waals surface area contributed by atoms with Gasteiger partial charge in [-0.15, -0.1) is 0 Å². The molecule has 0 saturated heterocycles. The van der Waals surface area contributed by atoms with Crippen LogP contribution in [-0.4, -0.2) is 18.7 Å². The Morgan fingerprint density at radius 1 is 1.00 bits per heavy atom. The van der Waals surface area contributed by atoms with Crippen LogP contribution in [0, 0.1) is 6.92 Å². The van der Waals surface area contributed by atoms with Crippen molar-refractivity contribution in [3.8, 4) is 16.9 Å². The molecule has 0 bridgehead atoms. The first-order chi connectivity index (χ1) is 16.5. The zero-order valence-electron chi connectivity index (χ0n) is 19.8. The van der Waals surface area contributed by atoms with Gasteiger partial charge in [0.1, 0.15) is 11.9 Å². The zero-order valence-corrected chi connectivity index (χ0v) is 20.7. The molecule has 1 heterocycles. The summed E-state index contributed by atoms with van der Waals surface area (Å²) in [5, 5.41) is 3.00. The number of benzene rings is 3. The van der Waals surface area contributed by atoms with Crippen molar-refractivity contribution < 1.29 is 14.1 Å².